The van der Waals surface area contributed by atoms with Gasteiger partial charge in [-0.3, -0.25) is 4.90 Å². The number of aliphatic hydroxyl groups excluding tert-OH is 1. The highest BCUT2D eigenvalue weighted by Gasteiger charge is 2.43. The molecular weight excluding hydrogens is 332 g/mol. The first kappa shape index (κ1) is 17.3. The molecule has 0 radical (unpaired) electrons. The number of carbonyl (C=O) groups is 1. The Morgan fingerprint density at radius 1 is 1.19 bits per heavy atom. The molecule has 2 aliphatic rings. The zero-order valence-corrected chi connectivity index (χ0v) is 14.9. The van der Waals surface area contributed by atoms with Gasteiger partial charge < -0.3 is 25.0 Å². The lowest BCUT2D eigenvalue weighted by atomic mass is 10.2. The number of ether oxygens (including phenoxy) is 1. The van der Waals surface area contributed by atoms with Crippen molar-refractivity contribution in [2.24, 2.45) is 0 Å². The maximum Gasteiger partial charge on any atom is 0.319 e. The summed E-state index contributed by atoms with van der Waals surface area (Å²) in [4.78, 5) is 14.5. The second-order valence-corrected chi connectivity index (χ2v) is 7.25. The number of benzene rings is 1. The molecule has 1 aliphatic carbocycles. The van der Waals surface area contributed by atoms with Crippen molar-refractivity contribution in [3.63, 3.8) is 0 Å². The molecular formula is C19H26N4O3. The van der Waals surface area contributed by atoms with Crippen molar-refractivity contribution in [2.45, 2.75) is 24.9 Å². The third kappa shape index (κ3) is 3.85. The van der Waals surface area contributed by atoms with E-state index in [0.717, 1.165) is 63.3 Å². The van der Waals surface area contributed by atoms with Gasteiger partial charge in [0.2, 0.25) is 0 Å². The molecule has 1 aromatic heterocycles. The van der Waals surface area contributed by atoms with Crippen LogP contribution in [0, 0.1) is 0 Å². The summed E-state index contributed by atoms with van der Waals surface area (Å²) in [6, 6.07) is 7.77. The molecule has 26 heavy (non-hydrogen) atoms. The number of nitrogens with zero attached hydrogens (tertiary/aromatic N) is 2. The third-order valence-corrected chi connectivity index (χ3v) is 5.32. The highest BCUT2D eigenvalue weighted by Crippen LogP contribution is 2.34. The van der Waals surface area contributed by atoms with E-state index < -0.39 is 5.54 Å². The standard InChI is InChI=1S/C19H26N4O3/c24-14-19(4-5-19)21-18(25)20-16-1-2-17-15(13-16)3-6-23(17)8-7-22-9-11-26-12-10-22/h1-3,6,13,24H,4-5,7-12,14H2,(H2,20,21,25). The molecule has 4 rings (SSSR count). The number of urea groups is 1. The van der Waals surface area contributed by atoms with E-state index in [0.29, 0.717) is 0 Å². The van der Waals surface area contributed by atoms with Crippen LogP contribution in [0.25, 0.3) is 10.9 Å². The number of rotatable bonds is 6. The Morgan fingerprint density at radius 3 is 2.73 bits per heavy atom. The number of aliphatic hydroxyl groups is 1. The molecule has 1 aliphatic heterocycles. The van der Waals surface area contributed by atoms with E-state index in [4.69, 9.17) is 4.74 Å². The number of anilines is 1. The summed E-state index contributed by atoms with van der Waals surface area (Å²) in [5, 5.41) is 16.1. The summed E-state index contributed by atoms with van der Waals surface area (Å²) in [5.41, 5.74) is 1.52. The zero-order valence-electron chi connectivity index (χ0n) is 14.9. The van der Waals surface area contributed by atoms with Gasteiger partial charge in [-0.15, -0.1) is 0 Å². The maximum absolute atomic E-state index is 12.1. The molecule has 1 saturated carbocycles. The normalized spacial score (nSPS) is 19.4. The van der Waals surface area contributed by atoms with E-state index in [1.54, 1.807) is 0 Å². The van der Waals surface area contributed by atoms with Gasteiger partial charge in [-0.2, -0.15) is 0 Å². The molecule has 2 amide bonds. The predicted octanol–water partition coefficient (Wildman–Crippen LogP) is 1.62. The molecule has 2 fully saturated rings. The van der Waals surface area contributed by atoms with Crippen LogP contribution in [0.2, 0.25) is 0 Å². The van der Waals surface area contributed by atoms with E-state index in [9.17, 15) is 9.90 Å². The molecule has 1 saturated heterocycles. The van der Waals surface area contributed by atoms with Crippen molar-refractivity contribution < 1.29 is 14.6 Å². The number of carbonyl (C=O) groups excluding carboxylic acids is 1. The molecule has 2 heterocycles. The van der Waals surface area contributed by atoms with Crippen LogP contribution >= 0.6 is 0 Å². The number of nitrogens with one attached hydrogen (secondary N) is 2. The van der Waals surface area contributed by atoms with Gasteiger partial charge in [0, 0.05) is 49.0 Å². The number of morpholine rings is 1. The average Bonchev–Trinajstić information content (AvgIpc) is 3.31. The summed E-state index contributed by atoms with van der Waals surface area (Å²) in [6.45, 7) is 5.58. The Labute approximate surface area is 152 Å². The van der Waals surface area contributed by atoms with E-state index in [1.165, 1.54) is 5.52 Å². The lowest BCUT2D eigenvalue weighted by Gasteiger charge is -2.26. The van der Waals surface area contributed by atoms with E-state index >= 15 is 0 Å². The van der Waals surface area contributed by atoms with Crippen LogP contribution in [0.3, 0.4) is 0 Å². The predicted molar refractivity (Wildman–Crippen MR) is 100 cm³/mol. The topological polar surface area (TPSA) is 78.8 Å². The van der Waals surface area contributed by atoms with Crippen molar-refractivity contribution in [3.8, 4) is 0 Å². The molecule has 0 unspecified atom stereocenters. The molecule has 0 bridgehead atoms. The number of aromatic nitrogens is 1. The Hall–Kier alpha value is -2.09. The van der Waals surface area contributed by atoms with Crippen LogP contribution in [-0.2, 0) is 11.3 Å². The smallest absolute Gasteiger partial charge is 0.319 e. The summed E-state index contributed by atoms with van der Waals surface area (Å²) >= 11 is 0. The molecule has 2 aromatic rings. The van der Waals surface area contributed by atoms with Crippen molar-refractivity contribution in [3.05, 3.63) is 30.5 Å². The fraction of sp³-hybridized carbons (Fsp3) is 0.526. The molecule has 7 heteroatoms. The number of hydrogen-bond donors (Lipinski definition) is 3. The van der Waals surface area contributed by atoms with Gasteiger partial charge in [0.1, 0.15) is 0 Å². The molecule has 0 atom stereocenters. The van der Waals surface area contributed by atoms with Crippen LogP contribution in [0.4, 0.5) is 10.5 Å². The first-order valence-electron chi connectivity index (χ1n) is 9.27. The number of amides is 2. The molecule has 7 nitrogen and oxygen atoms in total. The van der Waals surface area contributed by atoms with Gasteiger partial charge in [0.15, 0.2) is 0 Å². The minimum atomic E-state index is -0.406. The summed E-state index contributed by atoms with van der Waals surface area (Å²) in [6.07, 6.45) is 3.77. The van der Waals surface area contributed by atoms with Crippen LogP contribution < -0.4 is 10.6 Å². The fourth-order valence-electron chi connectivity index (χ4n) is 3.42. The first-order chi connectivity index (χ1) is 12.7. The van der Waals surface area contributed by atoms with Crippen LogP contribution in [-0.4, -0.2) is 65.6 Å². The van der Waals surface area contributed by atoms with Crippen LogP contribution in [0.15, 0.2) is 30.5 Å². The van der Waals surface area contributed by atoms with E-state index in [-0.39, 0.29) is 12.6 Å². The quantitative estimate of drug-likeness (QED) is 0.733. The first-order valence-corrected chi connectivity index (χ1v) is 9.27. The Morgan fingerprint density at radius 2 is 2.00 bits per heavy atom. The van der Waals surface area contributed by atoms with Gasteiger partial charge >= 0.3 is 6.03 Å². The van der Waals surface area contributed by atoms with Crippen LogP contribution in [0.1, 0.15) is 12.8 Å². The van der Waals surface area contributed by atoms with Crippen molar-refractivity contribution in [2.75, 3.05) is 44.8 Å². The maximum atomic E-state index is 12.1. The second-order valence-electron chi connectivity index (χ2n) is 7.25. The Balaban J connectivity index is 1.37. The largest absolute Gasteiger partial charge is 0.394 e. The lowest BCUT2D eigenvalue weighted by Crippen LogP contribution is -2.42. The van der Waals surface area contributed by atoms with Crippen molar-refractivity contribution in [1.29, 1.82) is 0 Å². The van der Waals surface area contributed by atoms with Crippen molar-refractivity contribution in [1.82, 2.24) is 14.8 Å². The van der Waals surface area contributed by atoms with Gasteiger partial charge in [0.25, 0.3) is 0 Å². The molecule has 140 valence electrons. The van der Waals surface area contributed by atoms with Gasteiger partial charge in [-0.25, -0.2) is 4.79 Å². The van der Waals surface area contributed by atoms with Gasteiger partial charge in [-0.1, -0.05) is 0 Å². The van der Waals surface area contributed by atoms with Crippen molar-refractivity contribution >= 4 is 22.6 Å². The number of fused-ring (bicyclic) bond motifs is 1. The Kier molecular flexibility index (Phi) is 4.84. The second kappa shape index (κ2) is 7.26. The highest BCUT2D eigenvalue weighted by molar-refractivity contribution is 5.93. The molecule has 1 aromatic carbocycles. The Bertz CT molecular complexity index is 778. The monoisotopic (exact) mass is 358 g/mol. The van der Waals surface area contributed by atoms with Crippen LogP contribution in [0.5, 0.6) is 0 Å². The fourth-order valence-corrected chi connectivity index (χ4v) is 3.42. The van der Waals surface area contributed by atoms with E-state index in [1.807, 2.05) is 18.2 Å². The third-order valence-electron chi connectivity index (χ3n) is 5.32. The minimum Gasteiger partial charge on any atom is -0.394 e. The molecule has 3 N–H and O–H groups in total. The van der Waals surface area contributed by atoms with Gasteiger partial charge in [-0.05, 0) is 37.1 Å². The lowest BCUT2D eigenvalue weighted by molar-refractivity contribution is 0.0365. The summed E-state index contributed by atoms with van der Waals surface area (Å²) in [5.74, 6) is 0. The number of hydrogen-bond acceptors (Lipinski definition) is 4. The van der Waals surface area contributed by atoms with Gasteiger partial charge in [0.05, 0.1) is 25.4 Å². The summed E-state index contributed by atoms with van der Waals surface area (Å²) < 4.78 is 7.64. The highest BCUT2D eigenvalue weighted by atomic mass is 16.5. The zero-order chi connectivity index (χ0) is 18.0. The SMILES string of the molecule is O=C(Nc1ccc2c(ccn2CCN2CCOCC2)c1)NC1(CO)CC1. The minimum absolute atomic E-state index is 0.00848. The summed E-state index contributed by atoms with van der Waals surface area (Å²) in [7, 11) is 0. The molecule has 0 spiro atoms. The average molecular weight is 358 g/mol. The van der Waals surface area contributed by atoms with E-state index in [2.05, 4.69) is 32.4 Å².